The van der Waals surface area contributed by atoms with E-state index in [1.807, 2.05) is 25.6 Å². The van der Waals surface area contributed by atoms with Crippen molar-refractivity contribution in [3.63, 3.8) is 0 Å². The molecule has 3 heteroatoms. The van der Waals surface area contributed by atoms with Crippen molar-refractivity contribution in [1.82, 2.24) is 9.47 Å². The third-order valence-corrected chi connectivity index (χ3v) is 4.82. The Balaban J connectivity index is 0.000000704. The van der Waals surface area contributed by atoms with Gasteiger partial charge in [0, 0.05) is 35.1 Å². The minimum absolute atomic E-state index is 1.07. The second-order valence-electron chi connectivity index (χ2n) is 5.24. The minimum atomic E-state index is 1.07. The normalized spacial score (nSPS) is 14.1. The van der Waals surface area contributed by atoms with Gasteiger partial charge in [-0.05, 0) is 56.5 Å². The van der Waals surface area contributed by atoms with E-state index in [9.17, 15) is 0 Å². The monoisotopic (exact) mass is 290 g/mol. The van der Waals surface area contributed by atoms with Gasteiger partial charge >= 0.3 is 0 Å². The average molecular weight is 290 g/mol. The van der Waals surface area contributed by atoms with E-state index in [2.05, 4.69) is 48.0 Å². The maximum Gasteiger partial charge on any atom is 0.0484 e. The van der Waals surface area contributed by atoms with E-state index in [4.69, 9.17) is 0 Å². The van der Waals surface area contributed by atoms with Gasteiger partial charge in [-0.3, -0.25) is 0 Å². The first-order valence-corrected chi connectivity index (χ1v) is 8.62. The van der Waals surface area contributed by atoms with E-state index in [-0.39, 0.29) is 0 Å². The van der Waals surface area contributed by atoms with Crippen LogP contribution in [-0.4, -0.2) is 35.9 Å². The highest BCUT2D eigenvalue weighted by Crippen LogP contribution is 2.35. The largest absolute Gasteiger partial charge is 0.346 e. The smallest absolute Gasteiger partial charge is 0.0484 e. The van der Waals surface area contributed by atoms with E-state index < -0.39 is 0 Å². The van der Waals surface area contributed by atoms with Crippen molar-refractivity contribution in [2.75, 3.05) is 26.4 Å². The van der Waals surface area contributed by atoms with Crippen molar-refractivity contribution in [3.05, 3.63) is 30.0 Å². The summed E-state index contributed by atoms with van der Waals surface area (Å²) in [7, 11) is 4.26. The SMILES string of the molecule is CC.CN(C)CCn1ccc2c3c(ccc21)SCCC3. The fourth-order valence-corrected chi connectivity index (χ4v) is 3.70. The Morgan fingerprint density at radius 3 is 2.75 bits per heavy atom. The molecule has 2 nitrogen and oxygen atoms in total. The number of hydrogen-bond donors (Lipinski definition) is 0. The molecule has 20 heavy (non-hydrogen) atoms. The number of aromatic nitrogens is 1. The number of hydrogen-bond acceptors (Lipinski definition) is 2. The number of rotatable bonds is 3. The van der Waals surface area contributed by atoms with Crippen LogP contribution in [-0.2, 0) is 13.0 Å². The first kappa shape index (κ1) is 15.5. The van der Waals surface area contributed by atoms with Crippen LogP contribution in [0.25, 0.3) is 10.9 Å². The number of likely N-dealkylation sites (N-methyl/N-ethyl adjacent to an activating group) is 1. The summed E-state index contributed by atoms with van der Waals surface area (Å²) in [6.07, 6.45) is 4.81. The Morgan fingerprint density at radius 1 is 1.20 bits per heavy atom. The Kier molecular flexibility index (Phi) is 5.55. The predicted molar refractivity (Wildman–Crippen MR) is 90.9 cm³/mol. The van der Waals surface area contributed by atoms with Crippen LogP contribution in [0.1, 0.15) is 25.8 Å². The lowest BCUT2D eigenvalue weighted by Gasteiger charge is -2.17. The van der Waals surface area contributed by atoms with Gasteiger partial charge in [-0.25, -0.2) is 0 Å². The second-order valence-corrected chi connectivity index (χ2v) is 6.38. The van der Waals surface area contributed by atoms with Gasteiger partial charge in [-0.15, -0.1) is 11.8 Å². The molecule has 0 saturated carbocycles. The zero-order valence-electron chi connectivity index (χ0n) is 13.1. The molecular formula is C17H26N2S. The number of aryl methyl sites for hydroxylation is 1. The lowest BCUT2D eigenvalue weighted by Crippen LogP contribution is -2.17. The predicted octanol–water partition coefficient (Wildman–Crippen LogP) is 4.27. The molecule has 1 aliphatic rings. The Morgan fingerprint density at radius 2 is 2.00 bits per heavy atom. The third-order valence-electron chi connectivity index (χ3n) is 3.64. The number of fused-ring (bicyclic) bond motifs is 3. The molecule has 0 bridgehead atoms. The van der Waals surface area contributed by atoms with Crippen molar-refractivity contribution < 1.29 is 0 Å². The molecule has 0 spiro atoms. The van der Waals surface area contributed by atoms with E-state index in [0.717, 1.165) is 13.1 Å². The fraction of sp³-hybridized carbons (Fsp3) is 0.529. The van der Waals surface area contributed by atoms with Crippen molar-refractivity contribution in [3.8, 4) is 0 Å². The molecule has 0 fully saturated rings. The molecule has 1 aromatic heterocycles. The topological polar surface area (TPSA) is 8.17 Å². The molecular weight excluding hydrogens is 264 g/mol. The van der Waals surface area contributed by atoms with Gasteiger partial charge in [0.05, 0.1) is 0 Å². The van der Waals surface area contributed by atoms with E-state index in [0.29, 0.717) is 0 Å². The second kappa shape index (κ2) is 7.19. The highest BCUT2D eigenvalue weighted by molar-refractivity contribution is 7.99. The first-order chi connectivity index (χ1) is 9.75. The average Bonchev–Trinajstić information content (AvgIpc) is 2.91. The van der Waals surface area contributed by atoms with E-state index >= 15 is 0 Å². The molecule has 1 aromatic carbocycles. The first-order valence-electron chi connectivity index (χ1n) is 7.64. The van der Waals surface area contributed by atoms with Crippen LogP contribution in [0.2, 0.25) is 0 Å². The van der Waals surface area contributed by atoms with E-state index in [1.54, 1.807) is 5.56 Å². The zero-order chi connectivity index (χ0) is 14.5. The summed E-state index contributed by atoms with van der Waals surface area (Å²) in [5, 5.41) is 1.47. The van der Waals surface area contributed by atoms with Gasteiger partial charge in [-0.2, -0.15) is 0 Å². The van der Waals surface area contributed by atoms with Crippen molar-refractivity contribution in [2.24, 2.45) is 0 Å². The molecule has 3 rings (SSSR count). The molecule has 2 aromatic rings. The van der Waals surface area contributed by atoms with Crippen LogP contribution in [0.15, 0.2) is 29.3 Å². The molecule has 110 valence electrons. The fourth-order valence-electron chi connectivity index (χ4n) is 2.64. The van der Waals surface area contributed by atoms with Gasteiger partial charge in [0.2, 0.25) is 0 Å². The van der Waals surface area contributed by atoms with Gasteiger partial charge in [0.1, 0.15) is 0 Å². The highest BCUT2D eigenvalue weighted by Gasteiger charge is 2.14. The Bertz CT molecular complexity index is 557. The van der Waals surface area contributed by atoms with Gasteiger partial charge in [-0.1, -0.05) is 13.8 Å². The van der Waals surface area contributed by atoms with Crippen LogP contribution < -0.4 is 0 Å². The maximum absolute atomic E-state index is 2.38. The van der Waals surface area contributed by atoms with Crippen molar-refractivity contribution in [1.29, 1.82) is 0 Å². The highest BCUT2D eigenvalue weighted by atomic mass is 32.2. The molecule has 0 N–H and O–H groups in total. The maximum atomic E-state index is 2.38. The van der Waals surface area contributed by atoms with Gasteiger partial charge < -0.3 is 9.47 Å². The summed E-state index contributed by atoms with van der Waals surface area (Å²) in [4.78, 5) is 3.74. The molecule has 0 radical (unpaired) electrons. The van der Waals surface area contributed by atoms with Crippen molar-refractivity contribution >= 4 is 22.7 Å². The van der Waals surface area contributed by atoms with Crippen LogP contribution in [0.3, 0.4) is 0 Å². The Hall–Kier alpha value is -0.930. The summed E-state index contributed by atoms with van der Waals surface area (Å²) in [6.45, 7) is 6.16. The number of thioether (sulfide) groups is 1. The summed E-state index contributed by atoms with van der Waals surface area (Å²) >= 11 is 2.01. The minimum Gasteiger partial charge on any atom is -0.346 e. The summed E-state index contributed by atoms with van der Waals surface area (Å²) in [5.41, 5.74) is 2.98. The van der Waals surface area contributed by atoms with Crippen molar-refractivity contribution in [2.45, 2.75) is 38.1 Å². The molecule has 2 heterocycles. The van der Waals surface area contributed by atoms with Crippen LogP contribution in [0, 0.1) is 0 Å². The molecule has 0 amide bonds. The summed E-state index contributed by atoms with van der Waals surface area (Å²) in [6, 6.07) is 6.91. The van der Waals surface area contributed by atoms with Gasteiger partial charge in [0.15, 0.2) is 0 Å². The van der Waals surface area contributed by atoms with E-state index in [1.165, 1.54) is 34.4 Å². The number of benzene rings is 1. The van der Waals surface area contributed by atoms with Crippen LogP contribution >= 0.6 is 11.8 Å². The quantitative estimate of drug-likeness (QED) is 0.834. The molecule has 0 aliphatic carbocycles. The lowest BCUT2D eigenvalue weighted by molar-refractivity contribution is 0.387. The summed E-state index contributed by atoms with van der Waals surface area (Å²) < 4.78 is 2.38. The molecule has 1 aliphatic heterocycles. The van der Waals surface area contributed by atoms with Gasteiger partial charge in [0.25, 0.3) is 0 Å². The molecule has 0 atom stereocenters. The van der Waals surface area contributed by atoms with Crippen LogP contribution in [0.4, 0.5) is 0 Å². The zero-order valence-corrected chi connectivity index (χ0v) is 14.0. The standard InChI is InChI=1S/C15H20N2S.C2H6/c1-16(2)9-10-17-8-7-12-13-4-3-11-18-15(13)6-5-14(12)17;1-2/h5-8H,3-4,9-11H2,1-2H3;1-2H3. The Labute approximate surface area is 127 Å². The lowest BCUT2D eigenvalue weighted by atomic mass is 10.1. The van der Waals surface area contributed by atoms with Crippen LogP contribution in [0.5, 0.6) is 0 Å². The number of nitrogens with zero attached hydrogens (tertiary/aromatic N) is 2. The molecule has 0 unspecified atom stereocenters. The summed E-state index contributed by atoms with van der Waals surface area (Å²) in [5.74, 6) is 1.28. The molecule has 0 saturated heterocycles. The third kappa shape index (κ3) is 3.21.